The van der Waals surface area contributed by atoms with Crippen LogP contribution in [0.25, 0.3) is 11.0 Å². The Morgan fingerprint density at radius 3 is 2.54 bits per heavy atom. The van der Waals surface area contributed by atoms with Gasteiger partial charge in [-0.2, -0.15) is 5.10 Å². The first-order chi connectivity index (χ1) is 17.7. The van der Waals surface area contributed by atoms with Crippen molar-refractivity contribution in [3.8, 4) is 0 Å². The molecule has 10 nitrogen and oxygen atoms in total. The minimum Gasteiger partial charge on any atom is -0.444 e. The van der Waals surface area contributed by atoms with Crippen molar-refractivity contribution in [3.05, 3.63) is 59.4 Å². The normalized spacial score (nSPS) is 18.7. The maximum absolute atomic E-state index is 13.0. The lowest BCUT2D eigenvalue weighted by Gasteiger charge is -2.26. The largest absolute Gasteiger partial charge is 0.444 e. The van der Waals surface area contributed by atoms with Gasteiger partial charge in [0.25, 0.3) is 11.8 Å². The minimum atomic E-state index is -0.694. The third-order valence-corrected chi connectivity index (χ3v) is 6.40. The van der Waals surface area contributed by atoms with Gasteiger partial charge in [0.15, 0.2) is 11.9 Å². The molecule has 2 aliphatic heterocycles. The number of carbonyl (C=O) groups is 3. The summed E-state index contributed by atoms with van der Waals surface area (Å²) < 4.78 is 13.1. The van der Waals surface area contributed by atoms with E-state index in [-0.39, 0.29) is 24.6 Å². The molecule has 0 aliphatic carbocycles. The minimum absolute atomic E-state index is 0.00119. The average Bonchev–Trinajstić information content (AvgIpc) is 3.38. The molecule has 10 heteroatoms. The Morgan fingerprint density at radius 2 is 1.89 bits per heavy atom. The third kappa shape index (κ3) is 5.34. The van der Waals surface area contributed by atoms with Gasteiger partial charge in [-0.05, 0) is 70.2 Å². The second-order valence-electron chi connectivity index (χ2n) is 10.5. The van der Waals surface area contributed by atoms with Gasteiger partial charge >= 0.3 is 6.09 Å². The van der Waals surface area contributed by atoms with Crippen molar-refractivity contribution >= 4 is 28.9 Å². The number of aromatic nitrogens is 3. The van der Waals surface area contributed by atoms with Gasteiger partial charge in [-0.3, -0.25) is 14.5 Å². The third-order valence-electron chi connectivity index (χ3n) is 6.40. The Kier molecular flexibility index (Phi) is 6.68. The van der Waals surface area contributed by atoms with Crippen LogP contribution in [0, 0.1) is 0 Å². The first-order valence-corrected chi connectivity index (χ1v) is 12.6. The number of fused-ring (bicyclic) bond motifs is 2. The molecule has 1 unspecified atom stereocenters. The monoisotopic (exact) mass is 505 g/mol. The zero-order valence-electron chi connectivity index (χ0n) is 21.3. The maximum atomic E-state index is 13.0. The summed E-state index contributed by atoms with van der Waals surface area (Å²) in [5.74, 6) is -0.752. The van der Waals surface area contributed by atoms with E-state index in [0.29, 0.717) is 24.2 Å². The van der Waals surface area contributed by atoms with E-state index in [9.17, 15) is 14.4 Å². The van der Waals surface area contributed by atoms with Crippen LogP contribution in [0.15, 0.2) is 42.7 Å². The summed E-state index contributed by atoms with van der Waals surface area (Å²) in [4.78, 5) is 44.4. The van der Waals surface area contributed by atoms with Crippen molar-refractivity contribution in [3.63, 3.8) is 0 Å². The van der Waals surface area contributed by atoms with E-state index >= 15 is 0 Å². The van der Waals surface area contributed by atoms with Crippen LogP contribution in [0.2, 0.25) is 0 Å². The number of ether oxygens (including phenoxy) is 2. The van der Waals surface area contributed by atoms with Crippen LogP contribution in [-0.2, 0) is 15.9 Å². The molecule has 1 N–H and O–H groups in total. The molecule has 2 aromatic heterocycles. The second-order valence-corrected chi connectivity index (χ2v) is 10.5. The van der Waals surface area contributed by atoms with E-state index in [1.54, 1.807) is 57.4 Å². The standard InChI is InChI=1S/C27H31N5O5/c1-27(2,3)37-26(35)30-19(16-31-24(33)20-8-4-5-9-21(20)25(31)34)13-17-12-18-15-29-32(23(18)28-14-17)22-10-6-7-11-36-22/h4-5,8-9,12,14-15,19,22H,6-7,10-11,13,16H2,1-3H3,(H,30,35)/t19-,22?/m0/s1. The number of rotatable bonds is 6. The van der Waals surface area contributed by atoms with Crippen LogP contribution in [0.3, 0.4) is 0 Å². The van der Waals surface area contributed by atoms with Crippen molar-refractivity contribution in [2.45, 2.75) is 64.3 Å². The van der Waals surface area contributed by atoms with Crippen LogP contribution >= 0.6 is 0 Å². The predicted octanol–water partition coefficient (Wildman–Crippen LogP) is 3.86. The summed E-state index contributed by atoms with van der Waals surface area (Å²) in [5.41, 5.74) is 1.59. The fourth-order valence-electron chi connectivity index (χ4n) is 4.77. The molecule has 1 aromatic carbocycles. The number of benzene rings is 1. The zero-order chi connectivity index (χ0) is 26.2. The summed E-state index contributed by atoms with van der Waals surface area (Å²) in [6.07, 6.45) is 6.10. The van der Waals surface area contributed by atoms with E-state index in [0.717, 1.165) is 35.9 Å². The fraction of sp³-hybridized carbons (Fsp3) is 0.444. The molecule has 0 saturated carbocycles. The van der Waals surface area contributed by atoms with Crippen LogP contribution in [-0.4, -0.2) is 62.4 Å². The van der Waals surface area contributed by atoms with E-state index in [1.807, 2.05) is 10.7 Å². The van der Waals surface area contributed by atoms with Crippen molar-refractivity contribution < 1.29 is 23.9 Å². The molecular formula is C27H31N5O5. The smallest absolute Gasteiger partial charge is 0.407 e. The molecule has 0 bridgehead atoms. The molecule has 0 radical (unpaired) electrons. The highest BCUT2D eigenvalue weighted by molar-refractivity contribution is 6.21. The number of alkyl carbamates (subject to hydrolysis) is 1. The van der Waals surface area contributed by atoms with E-state index in [1.165, 1.54) is 4.90 Å². The van der Waals surface area contributed by atoms with Crippen molar-refractivity contribution in [2.24, 2.45) is 0 Å². The van der Waals surface area contributed by atoms with E-state index in [2.05, 4.69) is 15.4 Å². The fourth-order valence-corrected chi connectivity index (χ4v) is 4.77. The highest BCUT2D eigenvalue weighted by Gasteiger charge is 2.37. The van der Waals surface area contributed by atoms with Gasteiger partial charge in [0.2, 0.25) is 0 Å². The SMILES string of the molecule is CC(C)(C)OC(=O)N[C@@H](Cc1cnc2c(cnn2C2CCCCO2)c1)CN1C(=O)c2ccccc2C1=O. The highest BCUT2D eigenvalue weighted by atomic mass is 16.6. The molecule has 1 fully saturated rings. The maximum Gasteiger partial charge on any atom is 0.407 e. The molecule has 3 aromatic rings. The number of imide groups is 1. The molecular weight excluding hydrogens is 474 g/mol. The first kappa shape index (κ1) is 24.9. The summed E-state index contributed by atoms with van der Waals surface area (Å²) in [5, 5.41) is 8.19. The molecule has 2 aliphatic rings. The molecule has 5 rings (SSSR count). The predicted molar refractivity (Wildman–Crippen MR) is 135 cm³/mol. The van der Waals surface area contributed by atoms with Gasteiger partial charge < -0.3 is 14.8 Å². The van der Waals surface area contributed by atoms with Crippen molar-refractivity contribution in [1.29, 1.82) is 0 Å². The molecule has 194 valence electrons. The summed E-state index contributed by atoms with van der Waals surface area (Å²) >= 11 is 0. The van der Waals surface area contributed by atoms with Crippen LogP contribution < -0.4 is 5.32 Å². The summed E-state index contributed by atoms with van der Waals surface area (Å²) in [6.45, 7) is 6.03. The molecule has 0 spiro atoms. The van der Waals surface area contributed by atoms with Crippen molar-refractivity contribution in [1.82, 2.24) is 25.0 Å². The number of hydrogen-bond acceptors (Lipinski definition) is 7. The lowest BCUT2D eigenvalue weighted by Crippen LogP contribution is -2.48. The van der Waals surface area contributed by atoms with Gasteiger partial charge in [-0.25, -0.2) is 14.5 Å². The number of amides is 3. The number of nitrogens with one attached hydrogen (secondary N) is 1. The Bertz CT molecular complexity index is 1300. The highest BCUT2D eigenvalue weighted by Crippen LogP contribution is 2.26. The van der Waals surface area contributed by atoms with Gasteiger partial charge in [0, 0.05) is 18.2 Å². The van der Waals surface area contributed by atoms with Gasteiger partial charge in [-0.15, -0.1) is 0 Å². The number of pyridine rings is 1. The van der Waals surface area contributed by atoms with E-state index < -0.39 is 17.7 Å². The number of carbonyl (C=O) groups excluding carboxylic acids is 3. The van der Waals surface area contributed by atoms with Crippen LogP contribution in [0.5, 0.6) is 0 Å². The van der Waals surface area contributed by atoms with Gasteiger partial charge in [0.1, 0.15) is 5.60 Å². The summed E-state index contributed by atoms with van der Waals surface area (Å²) in [7, 11) is 0. The molecule has 3 amide bonds. The number of hydrogen-bond donors (Lipinski definition) is 1. The second kappa shape index (κ2) is 9.93. The Hall–Kier alpha value is -3.79. The quantitative estimate of drug-likeness (QED) is 0.506. The summed E-state index contributed by atoms with van der Waals surface area (Å²) in [6, 6.07) is 8.09. The van der Waals surface area contributed by atoms with E-state index in [4.69, 9.17) is 9.47 Å². The average molecular weight is 506 g/mol. The first-order valence-electron chi connectivity index (χ1n) is 12.6. The van der Waals surface area contributed by atoms with Crippen LogP contribution in [0.1, 0.15) is 72.5 Å². The molecule has 37 heavy (non-hydrogen) atoms. The topological polar surface area (TPSA) is 116 Å². The van der Waals surface area contributed by atoms with Crippen LogP contribution in [0.4, 0.5) is 4.79 Å². The zero-order valence-corrected chi connectivity index (χ0v) is 21.3. The lowest BCUT2D eigenvalue weighted by molar-refractivity contribution is -0.0370. The molecule has 1 saturated heterocycles. The molecule has 4 heterocycles. The number of nitrogens with zero attached hydrogens (tertiary/aromatic N) is 4. The van der Waals surface area contributed by atoms with Gasteiger partial charge in [-0.1, -0.05) is 12.1 Å². The molecule has 2 atom stereocenters. The van der Waals surface area contributed by atoms with Gasteiger partial charge in [0.05, 0.1) is 29.9 Å². The Morgan fingerprint density at radius 1 is 1.16 bits per heavy atom. The Labute approximate surface area is 214 Å². The van der Waals surface area contributed by atoms with Crippen molar-refractivity contribution in [2.75, 3.05) is 13.2 Å². The Balaban J connectivity index is 1.37. The lowest BCUT2D eigenvalue weighted by atomic mass is 10.1.